The van der Waals surface area contributed by atoms with Crippen LogP contribution in [0.3, 0.4) is 0 Å². The Hall–Kier alpha value is -2.26. The van der Waals surface area contributed by atoms with E-state index in [0.29, 0.717) is 12.0 Å². The maximum absolute atomic E-state index is 13.7. The second-order valence-corrected chi connectivity index (χ2v) is 13.1. The van der Waals surface area contributed by atoms with Crippen molar-refractivity contribution in [3.63, 3.8) is 0 Å². The summed E-state index contributed by atoms with van der Waals surface area (Å²) in [7, 11) is 0. The van der Waals surface area contributed by atoms with E-state index in [4.69, 9.17) is 14.2 Å². The van der Waals surface area contributed by atoms with E-state index in [-0.39, 0.29) is 18.9 Å². The van der Waals surface area contributed by atoms with Crippen LogP contribution in [0.1, 0.15) is 71.7 Å². The maximum Gasteiger partial charge on any atom is 0.338 e. The molecular weight excluding hydrogens is 500 g/mol. The fraction of sp³-hybridized carbons (Fsp3) is 0.677. The van der Waals surface area contributed by atoms with Crippen LogP contribution in [0.2, 0.25) is 0 Å². The fourth-order valence-corrected chi connectivity index (χ4v) is 8.72. The van der Waals surface area contributed by atoms with E-state index in [1.165, 1.54) is 6.92 Å². The Kier molecular flexibility index (Phi) is 6.62. The lowest BCUT2D eigenvalue weighted by Gasteiger charge is -2.69. The highest BCUT2D eigenvalue weighted by Gasteiger charge is 2.76. The second-order valence-electron chi connectivity index (χ2n) is 13.1. The van der Waals surface area contributed by atoms with E-state index in [1.807, 2.05) is 41.5 Å². The summed E-state index contributed by atoms with van der Waals surface area (Å²) >= 11 is 0. The Morgan fingerprint density at radius 3 is 2.28 bits per heavy atom. The Balaban J connectivity index is 1.80. The van der Waals surface area contributed by atoms with E-state index >= 15 is 0 Å². The van der Waals surface area contributed by atoms with Crippen molar-refractivity contribution in [1.82, 2.24) is 0 Å². The lowest BCUT2D eigenvalue weighted by molar-refractivity contribution is -0.356. The van der Waals surface area contributed by atoms with E-state index in [9.17, 15) is 24.9 Å². The summed E-state index contributed by atoms with van der Waals surface area (Å²) in [6, 6.07) is 8.54. The summed E-state index contributed by atoms with van der Waals surface area (Å²) in [5.41, 5.74) is -3.14. The zero-order valence-corrected chi connectivity index (χ0v) is 23.9. The number of benzene rings is 1. The first-order valence-electron chi connectivity index (χ1n) is 14.0. The van der Waals surface area contributed by atoms with Crippen LogP contribution in [0, 0.1) is 28.6 Å². The highest BCUT2D eigenvalue weighted by atomic mass is 16.6. The molecule has 1 aromatic rings. The van der Waals surface area contributed by atoms with Gasteiger partial charge in [0.15, 0.2) is 5.60 Å². The monoisotopic (exact) mass is 542 g/mol. The zero-order chi connectivity index (χ0) is 28.7. The minimum absolute atomic E-state index is 0.0610. The van der Waals surface area contributed by atoms with Crippen molar-refractivity contribution in [2.45, 2.75) is 96.9 Å². The van der Waals surface area contributed by atoms with Gasteiger partial charge in [-0.25, -0.2) is 4.79 Å². The van der Waals surface area contributed by atoms with Gasteiger partial charge in [0.2, 0.25) is 0 Å². The highest BCUT2D eigenvalue weighted by molar-refractivity contribution is 5.89. The fourth-order valence-electron chi connectivity index (χ4n) is 8.72. The van der Waals surface area contributed by atoms with Crippen molar-refractivity contribution in [2.75, 3.05) is 6.61 Å². The van der Waals surface area contributed by atoms with Gasteiger partial charge in [-0.15, -0.1) is 0 Å². The van der Waals surface area contributed by atoms with Gasteiger partial charge in [0, 0.05) is 30.1 Å². The van der Waals surface area contributed by atoms with Gasteiger partial charge in [-0.1, -0.05) is 58.4 Å². The van der Waals surface area contributed by atoms with Gasteiger partial charge in [0.05, 0.1) is 30.3 Å². The lowest BCUT2D eigenvalue weighted by Crippen LogP contribution is -2.80. The Morgan fingerprint density at radius 2 is 1.72 bits per heavy atom. The highest BCUT2D eigenvalue weighted by Crippen LogP contribution is 2.67. The van der Waals surface area contributed by atoms with Crippen molar-refractivity contribution in [1.29, 1.82) is 0 Å². The zero-order valence-electron chi connectivity index (χ0n) is 23.9. The molecule has 4 aliphatic rings. The molecule has 214 valence electrons. The van der Waals surface area contributed by atoms with Gasteiger partial charge in [-0.2, -0.15) is 0 Å². The van der Waals surface area contributed by atoms with Crippen LogP contribution in [-0.2, 0) is 19.0 Å². The van der Waals surface area contributed by atoms with Crippen molar-refractivity contribution >= 4 is 11.9 Å². The molecular formula is C31H42O8. The molecule has 1 aromatic carbocycles. The summed E-state index contributed by atoms with van der Waals surface area (Å²) in [4.78, 5) is 26.3. The number of hydrogen-bond acceptors (Lipinski definition) is 8. The number of aliphatic hydroxyl groups is 3. The summed E-state index contributed by atoms with van der Waals surface area (Å²) in [5.74, 6) is -2.54. The van der Waals surface area contributed by atoms with Gasteiger partial charge in [-0.05, 0) is 37.0 Å². The molecule has 1 saturated heterocycles. The van der Waals surface area contributed by atoms with Crippen LogP contribution in [0.5, 0.6) is 0 Å². The number of hydrogen-bond donors (Lipinski definition) is 3. The summed E-state index contributed by atoms with van der Waals surface area (Å²) in [5, 5.41) is 36.4. The predicted molar refractivity (Wildman–Crippen MR) is 142 cm³/mol. The van der Waals surface area contributed by atoms with Crippen molar-refractivity contribution in [3.8, 4) is 0 Å². The smallest absolute Gasteiger partial charge is 0.338 e. The third kappa shape index (κ3) is 3.71. The Morgan fingerprint density at radius 1 is 1.08 bits per heavy atom. The van der Waals surface area contributed by atoms with Crippen LogP contribution in [0.4, 0.5) is 0 Å². The lowest BCUT2D eigenvalue weighted by atomic mass is 9.42. The minimum atomic E-state index is -1.75. The molecule has 0 radical (unpaired) electrons. The molecule has 5 rings (SSSR count). The van der Waals surface area contributed by atoms with Crippen molar-refractivity contribution in [3.05, 3.63) is 47.0 Å². The third-order valence-electron chi connectivity index (χ3n) is 11.0. The van der Waals surface area contributed by atoms with Gasteiger partial charge in [-0.3, -0.25) is 4.79 Å². The number of carbonyl (C=O) groups excluding carboxylic acids is 2. The van der Waals surface area contributed by atoms with Crippen LogP contribution >= 0.6 is 0 Å². The SMILES string of the molecule is CC(=O)O[C@@]12CO[C@@H]1C[C@H](C)[C@@]1(C)[C@H](O)[C@H](C)C3=C(C)[C@@H](O)C[C@@](O)([C@@H](OC(=O)c4ccccc4)[C@H]21)C3(C)C. The molecule has 1 aliphatic heterocycles. The largest absolute Gasteiger partial charge is 0.455 e. The molecule has 3 aliphatic carbocycles. The standard InChI is InChI=1S/C31H42O8/c1-16-13-22-30(15-37-22,39-19(4)32)24-26(38-27(35)20-11-9-8-10-12-20)31(36)14-21(33)17(2)23(28(31,5)6)18(3)25(34)29(16,24)7/h8-12,16,18,21-22,24-26,33-34,36H,13-15H2,1-7H3/t16-,18+,21-,22+,24-,25+,26-,29+,30-,31+/m0/s1. The number of esters is 2. The molecule has 39 heavy (non-hydrogen) atoms. The number of fused-ring (bicyclic) bond motifs is 5. The van der Waals surface area contributed by atoms with E-state index < -0.39 is 70.2 Å². The van der Waals surface area contributed by atoms with E-state index in [0.717, 1.165) is 11.1 Å². The molecule has 10 atom stereocenters. The summed E-state index contributed by atoms with van der Waals surface area (Å²) in [6.07, 6.45) is -3.22. The first-order valence-corrected chi connectivity index (χ1v) is 14.0. The molecule has 3 fully saturated rings. The van der Waals surface area contributed by atoms with Gasteiger partial charge >= 0.3 is 11.9 Å². The molecule has 0 aromatic heterocycles. The van der Waals surface area contributed by atoms with Crippen molar-refractivity contribution in [2.24, 2.45) is 28.6 Å². The maximum atomic E-state index is 13.7. The molecule has 0 spiro atoms. The quantitative estimate of drug-likeness (QED) is 0.392. The number of carbonyl (C=O) groups is 2. The Labute approximate surface area is 230 Å². The molecule has 2 saturated carbocycles. The minimum Gasteiger partial charge on any atom is -0.455 e. The summed E-state index contributed by atoms with van der Waals surface area (Å²) < 4.78 is 18.4. The topological polar surface area (TPSA) is 123 Å². The van der Waals surface area contributed by atoms with E-state index in [1.54, 1.807) is 30.3 Å². The molecule has 1 heterocycles. The number of aliphatic hydroxyl groups excluding tert-OH is 2. The normalized spacial score (nSPS) is 44.6. The average Bonchev–Trinajstić information content (AvgIpc) is 2.87. The molecule has 2 bridgehead atoms. The van der Waals surface area contributed by atoms with Crippen molar-refractivity contribution < 1.29 is 39.1 Å². The third-order valence-corrected chi connectivity index (χ3v) is 11.0. The predicted octanol–water partition coefficient (Wildman–Crippen LogP) is 3.42. The van der Waals surface area contributed by atoms with Crippen LogP contribution in [0.25, 0.3) is 0 Å². The van der Waals surface area contributed by atoms with Crippen LogP contribution in [-0.4, -0.2) is 69.5 Å². The second kappa shape index (κ2) is 9.13. The first-order chi connectivity index (χ1) is 18.1. The van der Waals surface area contributed by atoms with Gasteiger partial charge in [0.25, 0.3) is 0 Å². The van der Waals surface area contributed by atoms with E-state index in [2.05, 4.69) is 0 Å². The number of rotatable bonds is 3. The molecule has 3 N–H and O–H groups in total. The average molecular weight is 543 g/mol. The molecule has 8 nitrogen and oxygen atoms in total. The van der Waals surface area contributed by atoms with Gasteiger partial charge in [0.1, 0.15) is 17.8 Å². The Bertz CT molecular complexity index is 1190. The summed E-state index contributed by atoms with van der Waals surface area (Å²) in [6.45, 7) is 12.9. The van der Waals surface area contributed by atoms with Crippen LogP contribution in [0.15, 0.2) is 41.5 Å². The van der Waals surface area contributed by atoms with Crippen LogP contribution < -0.4 is 0 Å². The molecule has 0 unspecified atom stereocenters. The number of ether oxygens (including phenoxy) is 3. The molecule has 8 heteroatoms. The van der Waals surface area contributed by atoms with Gasteiger partial charge < -0.3 is 29.5 Å². The molecule has 0 amide bonds. The first kappa shape index (κ1) is 28.3.